The highest BCUT2D eigenvalue weighted by molar-refractivity contribution is 9.10. The standard InChI is InChI=1S/C20H13BrN2OS/c21-14-5-3-4-13(10-14)12-22-15-8-9-18(24)16(11-15)20-23-17-6-1-2-7-19(17)25-20/h1-12,24H. The molecule has 0 aliphatic rings. The van der Waals surface area contributed by atoms with Crippen LogP contribution in [0.25, 0.3) is 20.8 Å². The number of rotatable bonds is 3. The SMILES string of the molecule is Oc1ccc(N=Cc2cccc(Br)c2)cc1-c1nc2ccccc2s1. The quantitative estimate of drug-likeness (QED) is 0.411. The maximum atomic E-state index is 10.2. The number of aliphatic imine (C=N–C) groups is 1. The molecule has 0 fully saturated rings. The van der Waals surface area contributed by atoms with E-state index in [1.165, 1.54) is 0 Å². The van der Waals surface area contributed by atoms with Gasteiger partial charge in [-0.15, -0.1) is 11.3 Å². The summed E-state index contributed by atoms with van der Waals surface area (Å²) in [5.41, 5.74) is 3.41. The Labute approximate surface area is 157 Å². The molecule has 3 nitrogen and oxygen atoms in total. The second-order valence-electron chi connectivity index (χ2n) is 5.50. The minimum atomic E-state index is 0.209. The number of aromatic hydroxyl groups is 1. The Morgan fingerprint density at radius 2 is 1.88 bits per heavy atom. The van der Waals surface area contributed by atoms with Gasteiger partial charge in [-0.3, -0.25) is 4.99 Å². The highest BCUT2D eigenvalue weighted by Crippen LogP contribution is 2.37. The third-order valence-electron chi connectivity index (χ3n) is 3.72. The lowest BCUT2D eigenvalue weighted by Crippen LogP contribution is -1.81. The molecule has 0 saturated heterocycles. The van der Waals surface area contributed by atoms with Gasteiger partial charge in [-0.2, -0.15) is 0 Å². The number of fused-ring (bicyclic) bond motifs is 1. The number of hydrogen-bond acceptors (Lipinski definition) is 4. The van der Waals surface area contributed by atoms with Crippen molar-refractivity contribution >= 4 is 49.4 Å². The molecular weight excluding hydrogens is 396 g/mol. The topological polar surface area (TPSA) is 45.5 Å². The molecule has 0 aliphatic heterocycles. The number of benzene rings is 3. The van der Waals surface area contributed by atoms with Gasteiger partial charge in [0, 0.05) is 10.7 Å². The highest BCUT2D eigenvalue weighted by atomic mass is 79.9. The molecule has 1 aromatic heterocycles. The molecule has 1 heterocycles. The maximum Gasteiger partial charge on any atom is 0.128 e. The van der Waals surface area contributed by atoms with Crippen LogP contribution in [0.3, 0.4) is 0 Å². The smallest absolute Gasteiger partial charge is 0.128 e. The molecule has 1 N–H and O–H groups in total. The Hall–Kier alpha value is -2.50. The number of aromatic nitrogens is 1. The van der Waals surface area contributed by atoms with Gasteiger partial charge >= 0.3 is 0 Å². The third-order valence-corrected chi connectivity index (χ3v) is 5.28. The molecular formula is C20H13BrN2OS. The fraction of sp³-hybridized carbons (Fsp3) is 0. The van der Waals surface area contributed by atoms with Crippen LogP contribution in [0.4, 0.5) is 5.69 Å². The first-order valence-corrected chi connectivity index (χ1v) is 9.28. The predicted octanol–water partition coefficient (Wildman–Crippen LogP) is 6.18. The summed E-state index contributed by atoms with van der Waals surface area (Å²) in [6.45, 7) is 0. The largest absolute Gasteiger partial charge is 0.507 e. The molecule has 0 amide bonds. The van der Waals surface area contributed by atoms with Gasteiger partial charge in [0.1, 0.15) is 10.8 Å². The molecule has 0 radical (unpaired) electrons. The van der Waals surface area contributed by atoms with E-state index in [-0.39, 0.29) is 5.75 Å². The van der Waals surface area contributed by atoms with Gasteiger partial charge in [-0.25, -0.2) is 4.98 Å². The maximum absolute atomic E-state index is 10.2. The summed E-state index contributed by atoms with van der Waals surface area (Å²) in [5.74, 6) is 0.209. The van der Waals surface area contributed by atoms with Crippen LogP contribution in [0.2, 0.25) is 0 Å². The van der Waals surface area contributed by atoms with Gasteiger partial charge in [0.05, 0.1) is 21.5 Å². The number of nitrogens with zero attached hydrogens (tertiary/aromatic N) is 2. The molecule has 0 aliphatic carbocycles. The van der Waals surface area contributed by atoms with Gasteiger partial charge in [0.15, 0.2) is 0 Å². The minimum absolute atomic E-state index is 0.209. The summed E-state index contributed by atoms with van der Waals surface area (Å²) >= 11 is 5.02. The zero-order valence-corrected chi connectivity index (χ0v) is 15.5. The summed E-state index contributed by atoms with van der Waals surface area (Å²) < 4.78 is 2.11. The number of hydrogen-bond donors (Lipinski definition) is 1. The first kappa shape index (κ1) is 16.0. The van der Waals surface area contributed by atoms with Gasteiger partial charge < -0.3 is 5.11 Å². The molecule has 0 unspecified atom stereocenters. The van der Waals surface area contributed by atoms with E-state index in [0.29, 0.717) is 5.56 Å². The number of halogens is 1. The molecule has 4 aromatic rings. The lowest BCUT2D eigenvalue weighted by atomic mass is 10.2. The van der Waals surface area contributed by atoms with E-state index in [4.69, 9.17) is 0 Å². The lowest BCUT2D eigenvalue weighted by Gasteiger charge is -2.02. The molecule has 0 saturated carbocycles. The van der Waals surface area contributed by atoms with E-state index in [1.807, 2.05) is 54.6 Å². The Kier molecular flexibility index (Phi) is 4.34. The molecule has 25 heavy (non-hydrogen) atoms. The average molecular weight is 409 g/mol. The first-order valence-electron chi connectivity index (χ1n) is 7.68. The fourth-order valence-corrected chi connectivity index (χ4v) is 3.91. The average Bonchev–Trinajstić information content (AvgIpc) is 3.05. The van der Waals surface area contributed by atoms with Gasteiger partial charge in [0.25, 0.3) is 0 Å². The van der Waals surface area contributed by atoms with E-state index in [9.17, 15) is 5.11 Å². The van der Waals surface area contributed by atoms with E-state index < -0.39 is 0 Å². The van der Waals surface area contributed by atoms with Gasteiger partial charge in [0.2, 0.25) is 0 Å². The lowest BCUT2D eigenvalue weighted by molar-refractivity contribution is 0.477. The van der Waals surface area contributed by atoms with E-state index in [2.05, 4.69) is 25.9 Å². The first-order chi connectivity index (χ1) is 12.2. The summed E-state index contributed by atoms with van der Waals surface area (Å²) in [5, 5.41) is 11.0. The molecule has 5 heteroatoms. The van der Waals surface area contributed by atoms with Crippen LogP contribution in [-0.4, -0.2) is 16.3 Å². The van der Waals surface area contributed by atoms with E-state index >= 15 is 0 Å². The molecule has 0 bridgehead atoms. The van der Waals surface area contributed by atoms with Crippen molar-refractivity contribution < 1.29 is 5.11 Å². The van der Waals surface area contributed by atoms with Crippen LogP contribution in [0.15, 0.2) is 76.2 Å². The van der Waals surface area contributed by atoms with Crippen molar-refractivity contribution in [2.75, 3.05) is 0 Å². The van der Waals surface area contributed by atoms with Crippen LogP contribution < -0.4 is 0 Å². The van der Waals surface area contributed by atoms with Crippen LogP contribution in [-0.2, 0) is 0 Å². The van der Waals surface area contributed by atoms with Crippen molar-refractivity contribution in [3.05, 3.63) is 76.8 Å². The number of phenols is 1. The number of phenolic OH excluding ortho intramolecular Hbond substituents is 1. The Morgan fingerprint density at radius 1 is 1.00 bits per heavy atom. The summed E-state index contributed by atoms with van der Waals surface area (Å²) in [6, 6.07) is 21.2. The monoisotopic (exact) mass is 408 g/mol. The Morgan fingerprint density at radius 3 is 2.72 bits per heavy atom. The minimum Gasteiger partial charge on any atom is -0.507 e. The summed E-state index contributed by atoms with van der Waals surface area (Å²) in [4.78, 5) is 9.13. The second kappa shape index (κ2) is 6.78. The van der Waals surface area contributed by atoms with Crippen molar-refractivity contribution in [1.29, 1.82) is 0 Å². The van der Waals surface area contributed by atoms with E-state index in [1.54, 1.807) is 29.7 Å². The molecule has 122 valence electrons. The number of thiazole rings is 1. The zero-order valence-electron chi connectivity index (χ0n) is 13.1. The van der Waals surface area contributed by atoms with Gasteiger partial charge in [-0.05, 0) is 48.0 Å². The Bertz CT molecular complexity index is 1050. The second-order valence-corrected chi connectivity index (χ2v) is 7.45. The van der Waals surface area contributed by atoms with Gasteiger partial charge in [-0.1, -0.05) is 40.2 Å². The van der Waals surface area contributed by atoms with E-state index in [0.717, 1.165) is 30.9 Å². The highest BCUT2D eigenvalue weighted by Gasteiger charge is 2.11. The molecule has 0 atom stereocenters. The van der Waals surface area contributed by atoms with Crippen molar-refractivity contribution in [3.63, 3.8) is 0 Å². The van der Waals surface area contributed by atoms with Crippen molar-refractivity contribution in [1.82, 2.24) is 4.98 Å². The fourth-order valence-electron chi connectivity index (χ4n) is 2.50. The van der Waals surface area contributed by atoms with Crippen LogP contribution in [0.5, 0.6) is 5.75 Å². The summed E-state index contributed by atoms with van der Waals surface area (Å²) in [7, 11) is 0. The zero-order chi connectivity index (χ0) is 17.2. The van der Waals surface area contributed by atoms with Crippen molar-refractivity contribution in [3.8, 4) is 16.3 Å². The molecule has 0 spiro atoms. The summed E-state index contributed by atoms with van der Waals surface area (Å²) in [6.07, 6.45) is 1.80. The number of para-hydroxylation sites is 1. The molecule has 3 aromatic carbocycles. The predicted molar refractivity (Wildman–Crippen MR) is 108 cm³/mol. The van der Waals surface area contributed by atoms with Crippen LogP contribution >= 0.6 is 27.3 Å². The third kappa shape index (κ3) is 3.48. The van der Waals surface area contributed by atoms with Crippen LogP contribution in [0, 0.1) is 0 Å². The van der Waals surface area contributed by atoms with Crippen LogP contribution in [0.1, 0.15) is 5.56 Å². The molecule has 4 rings (SSSR count). The van der Waals surface area contributed by atoms with Crippen molar-refractivity contribution in [2.45, 2.75) is 0 Å². The Balaban J connectivity index is 1.71. The normalized spacial score (nSPS) is 11.4. The van der Waals surface area contributed by atoms with Crippen molar-refractivity contribution in [2.24, 2.45) is 4.99 Å².